The first-order valence-electron chi connectivity index (χ1n) is 13.9. The Kier molecular flexibility index (Phi) is 7.13. The molecule has 2 amide bonds. The van der Waals surface area contributed by atoms with Crippen molar-refractivity contribution in [3.63, 3.8) is 0 Å². The van der Waals surface area contributed by atoms with E-state index in [0.29, 0.717) is 48.5 Å². The number of benzene rings is 2. The minimum Gasteiger partial charge on any atom is -0.465 e. The summed E-state index contributed by atoms with van der Waals surface area (Å²) in [6.07, 6.45) is 4.89. The van der Waals surface area contributed by atoms with E-state index in [9.17, 15) is 14.7 Å². The van der Waals surface area contributed by atoms with Crippen molar-refractivity contribution in [3.05, 3.63) is 66.5 Å². The molecule has 0 saturated carbocycles. The predicted octanol–water partition coefficient (Wildman–Crippen LogP) is 5.72. The second-order valence-corrected chi connectivity index (χ2v) is 10.7. The predicted molar refractivity (Wildman–Crippen MR) is 156 cm³/mol. The molecule has 41 heavy (non-hydrogen) atoms. The molecule has 4 heterocycles. The number of anilines is 2. The van der Waals surface area contributed by atoms with Gasteiger partial charge in [-0.1, -0.05) is 31.2 Å². The summed E-state index contributed by atoms with van der Waals surface area (Å²) in [6, 6.07) is 15.5. The van der Waals surface area contributed by atoms with Gasteiger partial charge in [0.15, 0.2) is 0 Å². The Labute approximate surface area is 238 Å². The summed E-state index contributed by atoms with van der Waals surface area (Å²) in [4.78, 5) is 41.2. The number of piperidine rings is 1. The molecule has 2 aliphatic heterocycles. The van der Waals surface area contributed by atoms with Crippen LogP contribution in [0, 0.1) is 12.8 Å². The van der Waals surface area contributed by atoms with Gasteiger partial charge in [-0.25, -0.2) is 19.7 Å². The molecule has 2 N–H and O–H groups in total. The Hall–Kier alpha value is -4.73. The molecular weight excluding hydrogens is 520 g/mol. The molecular formula is C31H32N6O4. The number of fused-ring (bicyclic) bond motifs is 1. The molecule has 2 aromatic heterocycles. The maximum atomic E-state index is 12.8. The van der Waals surface area contributed by atoms with E-state index >= 15 is 0 Å². The first-order chi connectivity index (χ1) is 19.9. The number of carboxylic acid groups (broad SMARTS) is 1. The third-order valence-corrected chi connectivity index (χ3v) is 7.88. The van der Waals surface area contributed by atoms with Gasteiger partial charge in [0.05, 0.1) is 16.9 Å². The van der Waals surface area contributed by atoms with Gasteiger partial charge in [-0.3, -0.25) is 4.79 Å². The first-order valence-corrected chi connectivity index (χ1v) is 13.9. The van der Waals surface area contributed by atoms with Crippen molar-refractivity contribution in [1.29, 1.82) is 0 Å². The third-order valence-electron chi connectivity index (χ3n) is 7.88. The zero-order valence-electron chi connectivity index (χ0n) is 23.1. The highest BCUT2D eigenvalue weighted by atomic mass is 16.5. The van der Waals surface area contributed by atoms with Crippen molar-refractivity contribution >= 4 is 34.4 Å². The number of likely N-dealkylation sites (tertiary alicyclic amines) is 1. The normalized spacial score (nSPS) is 19.0. The quantitative estimate of drug-likeness (QED) is 0.312. The number of hydrogen-bond acceptors (Lipinski definition) is 7. The summed E-state index contributed by atoms with van der Waals surface area (Å²) >= 11 is 0. The van der Waals surface area contributed by atoms with E-state index in [1.54, 1.807) is 18.5 Å². The topological polar surface area (TPSA) is 121 Å². The molecule has 2 saturated heterocycles. The summed E-state index contributed by atoms with van der Waals surface area (Å²) in [6.45, 7) is 5.59. The van der Waals surface area contributed by atoms with Crippen molar-refractivity contribution in [2.24, 2.45) is 5.92 Å². The van der Waals surface area contributed by atoms with Crippen LogP contribution < -0.4 is 15.0 Å². The van der Waals surface area contributed by atoms with Crippen LogP contribution in [-0.4, -0.2) is 62.6 Å². The summed E-state index contributed by atoms with van der Waals surface area (Å²) in [7, 11) is 0. The van der Waals surface area contributed by atoms with Gasteiger partial charge in [-0.15, -0.1) is 0 Å². The molecule has 2 atom stereocenters. The van der Waals surface area contributed by atoms with Crippen LogP contribution in [0.25, 0.3) is 22.0 Å². The highest BCUT2D eigenvalue weighted by Crippen LogP contribution is 2.40. The van der Waals surface area contributed by atoms with Crippen LogP contribution in [0.2, 0.25) is 0 Å². The van der Waals surface area contributed by atoms with E-state index in [1.165, 1.54) is 4.90 Å². The molecule has 2 aliphatic rings. The van der Waals surface area contributed by atoms with Crippen molar-refractivity contribution in [1.82, 2.24) is 19.9 Å². The Bertz CT molecular complexity index is 1630. The summed E-state index contributed by atoms with van der Waals surface area (Å²) in [5.74, 6) is 1.66. The lowest BCUT2D eigenvalue weighted by atomic mass is 10.0. The molecule has 6 rings (SSSR count). The summed E-state index contributed by atoms with van der Waals surface area (Å²) in [5, 5.41) is 14.5. The van der Waals surface area contributed by atoms with Gasteiger partial charge in [0.1, 0.15) is 5.75 Å². The molecule has 0 bridgehead atoms. The van der Waals surface area contributed by atoms with Crippen LogP contribution in [0.5, 0.6) is 11.6 Å². The van der Waals surface area contributed by atoms with Crippen molar-refractivity contribution in [2.45, 2.75) is 39.2 Å². The molecule has 10 nitrogen and oxygen atoms in total. The number of ether oxygens (including phenoxy) is 1. The maximum Gasteiger partial charge on any atom is 0.407 e. The average molecular weight is 553 g/mol. The molecule has 4 aromatic rings. The van der Waals surface area contributed by atoms with Crippen molar-refractivity contribution in [3.8, 4) is 22.9 Å². The van der Waals surface area contributed by atoms with Crippen LogP contribution >= 0.6 is 0 Å². The fourth-order valence-corrected chi connectivity index (χ4v) is 5.65. The van der Waals surface area contributed by atoms with Gasteiger partial charge in [0.25, 0.3) is 0 Å². The third kappa shape index (κ3) is 5.25. The molecule has 1 unspecified atom stereocenters. The average Bonchev–Trinajstić information content (AvgIpc) is 3.32. The fourth-order valence-electron chi connectivity index (χ4n) is 5.65. The van der Waals surface area contributed by atoms with Crippen LogP contribution in [0.3, 0.4) is 0 Å². The maximum absolute atomic E-state index is 12.8. The van der Waals surface area contributed by atoms with Gasteiger partial charge >= 0.3 is 6.09 Å². The lowest BCUT2D eigenvalue weighted by Crippen LogP contribution is -2.44. The Balaban J connectivity index is 1.31. The van der Waals surface area contributed by atoms with E-state index < -0.39 is 6.09 Å². The standard InChI is InChI=1S/C31H32N6O4/c1-19-10-11-22-23(7-3-9-26(22)37-17-13-20(2)29(37)38)27(19)41-28-24(8-4-14-32-28)25-12-15-33-30(35-25)34-21-6-5-16-36(18-21)31(39)40/h3-4,7-12,14-15,20-21H,5-6,13,16-18H2,1-2H3,(H,39,40)(H,33,34,35)/t20-,21?/m0/s1. The minimum atomic E-state index is -0.916. The summed E-state index contributed by atoms with van der Waals surface area (Å²) < 4.78 is 6.54. The largest absolute Gasteiger partial charge is 0.465 e. The van der Waals surface area contributed by atoms with Crippen molar-refractivity contribution < 1.29 is 19.4 Å². The Morgan fingerprint density at radius 1 is 1.02 bits per heavy atom. The highest BCUT2D eigenvalue weighted by Gasteiger charge is 2.30. The molecule has 2 aromatic carbocycles. The number of aromatic nitrogens is 3. The summed E-state index contributed by atoms with van der Waals surface area (Å²) in [5.41, 5.74) is 3.16. The van der Waals surface area contributed by atoms with Crippen LogP contribution in [0.4, 0.5) is 16.4 Å². The number of carbonyl (C=O) groups is 2. The zero-order valence-corrected chi connectivity index (χ0v) is 23.1. The highest BCUT2D eigenvalue weighted by molar-refractivity contribution is 6.07. The van der Waals surface area contributed by atoms with E-state index in [-0.39, 0.29) is 17.9 Å². The second-order valence-electron chi connectivity index (χ2n) is 10.7. The Morgan fingerprint density at radius 3 is 2.71 bits per heavy atom. The van der Waals surface area contributed by atoms with Crippen LogP contribution in [0.15, 0.2) is 60.9 Å². The number of amides is 2. The number of carbonyl (C=O) groups excluding carboxylic acids is 1. The molecule has 0 radical (unpaired) electrons. The second kappa shape index (κ2) is 11.0. The van der Waals surface area contributed by atoms with Gasteiger partial charge in [0.2, 0.25) is 17.7 Å². The SMILES string of the molecule is Cc1ccc2c(N3CC[C@H](C)C3=O)cccc2c1Oc1ncccc1-c1ccnc(NC2CCCN(C(=O)O)C2)n1. The molecule has 2 fully saturated rings. The monoisotopic (exact) mass is 552 g/mol. The number of aryl methyl sites for hydroxylation is 1. The van der Waals surface area contributed by atoms with Gasteiger partial charge in [-0.2, -0.15) is 0 Å². The smallest absolute Gasteiger partial charge is 0.407 e. The van der Waals surface area contributed by atoms with Crippen LogP contribution in [0.1, 0.15) is 31.7 Å². The first kappa shape index (κ1) is 26.5. The van der Waals surface area contributed by atoms with Gasteiger partial charge in [-0.05, 0) is 56.0 Å². The minimum absolute atomic E-state index is 0.0176. The van der Waals surface area contributed by atoms with E-state index in [2.05, 4.69) is 15.3 Å². The Morgan fingerprint density at radius 2 is 1.90 bits per heavy atom. The van der Waals surface area contributed by atoms with E-state index in [1.807, 2.05) is 61.2 Å². The number of rotatable bonds is 6. The zero-order chi connectivity index (χ0) is 28.5. The lowest BCUT2D eigenvalue weighted by Gasteiger charge is -2.31. The molecule has 0 spiro atoms. The van der Waals surface area contributed by atoms with Gasteiger partial charge < -0.3 is 25.0 Å². The van der Waals surface area contributed by atoms with E-state index in [4.69, 9.17) is 9.72 Å². The van der Waals surface area contributed by atoms with Crippen molar-refractivity contribution in [2.75, 3.05) is 29.9 Å². The van der Waals surface area contributed by atoms with E-state index in [0.717, 1.165) is 41.3 Å². The number of pyridine rings is 1. The fraction of sp³-hybridized carbons (Fsp3) is 0.323. The number of hydrogen-bond donors (Lipinski definition) is 2. The molecule has 0 aliphatic carbocycles. The molecule has 210 valence electrons. The number of nitrogens with one attached hydrogen (secondary N) is 1. The lowest BCUT2D eigenvalue weighted by molar-refractivity contribution is -0.119. The van der Waals surface area contributed by atoms with Gasteiger partial charge in [0, 0.05) is 54.8 Å². The number of nitrogens with zero attached hydrogens (tertiary/aromatic N) is 5. The van der Waals surface area contributed by atoms with Crippen LogP contribution in [-0.2, 0) is 4.79 Å². The molecule has 10 heteroatoms.